The van der Waals surface area contributed by atoms with Crippen molar-refractivity contribution < 1.29 is 19.9 Å². The Labute approximate surface area is 120 Å². The lowest BCUT2D eigenvalue weighted by Gasteiger charge is -2.09. The van der Waals surface area contributed by atoms with Gasteiger partial charge >= 0.3 is 0 Å². The van der Waals surface area contributed by atoms with E-state index in [-0.39, 0.29) is 0 Å². The minimum Gasteiger partial charge on any atom is -0.549 e. The standard InChI is InChI=1S/C14H11N3O2S/c1-9(14(18)19)20-13-10(7-15)4-5-12(17-13)11-3-2-6-16-8-11/h2-6,8-9H,1H3,(H,18,19)/p+1. The van der Waals surface area contributed by atoms with Crippen LogP contribution in [0.2, 0.25) is 0 Å². The fourth-order valence-corrected chi connectivity index (χ4v) is 2.47. The predicted molar refractivity (Wildman–Crippen MR) is 70.0 cm³/mol. The Bertz CT molecular complexity index is 668. The summed E-state index contributed by atoms with van der Waals surface area (Å²) in [7, 11) is 0. The van der Waals surface area contributed by atoms with Crippen LogP contribution in [-0.4, -0.2) is 11.2 Å². The van der Waals surface area contributed by atoms with Crippen molar-refractivity contribution in [1.82, 2.24) is 0 Å². The van der Waals surface area contributed by atoms with Crippen LogP contribution >= 0.6 is 11.8 Å². The molecule has 2 aromatic rings. The fraction of sp³-hybridized carbons (Fsp3) is 0.143. The van der Waals surface area contributed by atoms with Gasteiger partial charge in [-0.25, -0.2) is 4.98 Å². The number of hydrogen-bond acceptors (Lipinski definition) is 4. The largest absolute Gasteiger partial charge is 0.549 e. The number of nitrogens with zero attached hydrogens (tertiary/aromatic N) is 1. The fourth-order valence-electron chi connectivity index (χ4n) is 1.61. The van der Waals surface area contributed by atoms with Gasteiger partial charge in [0, 0.05) is 12.1 Å². The summed E-state index contributed by atoms with van der Waals surface area (Å²) in [5.41, 5.74) is 2.13. The highest BCUT2D eigenvalue weighted by molar-refractivity contribution is 8.00. The number of pyridine rings is 2. The summed E-state index contributed by atoms with van der Waals surface area (Å²) in [6, 6.07) is 9.27. The first-order valence-corrected chi connectivity index (χ1v) is 6.80. The lowest BCUT2D eigenvalue weighted by atomic mass is 10.2. The maximum atomic E-state index is 10.8. The number of carboxylic acid groups (broad SMARTS) is 1. The number of nitriles is 1. The van der Waals surface area contributed by atoms with Gasteiger partial charge in [0.1, 0.15) is 17.2 Å². The molecule has 0 saturated heterocycles. The highest BCUT2D eigenvalue weighted by Crippen LogP contribution is 2.24. The molecule has 0 aliphatic rings. The van der Waals surface area contributed by atoms with E-state index in [1.54, 1.807) is 18.3 Å². The number of aliphatic carboxylic acids is 1. The third kappa shape index (κ3) is 3.13. The smallest absolute Gasteiger partial charge is 0.257 e. The Morgan fingerprint density at radius 1 is 1.45 bits per heavy atom. The van der Waals surface area contributed by atoms with Crippen molar-refractivity contribution in [2.24, 2.45) is 0 Å². The Kier molecular flexibility index (Phi) is 4.33. The van der Waals surface area contributed by atoms with Gasteiger partial charge in [0.2, 0.25) is 5.69 Å². The molecule has 0 aliphatic carbocycles. The zero-order valence-electron chi connectivity index (χ0n) is 10.7. The highest BCUT2D eigenvalue weighted by atomic mass is 32.2. The Balaban J connectivity index is 2.40. The second kappa shape index (κ2) is 6.17. The van der Waals surface area contributed by atoms with E-state index in [2.05, 4.69) is 9.97 Å². The van der Waals surface area contributed by atoms with Crippen LogP contribution in [0.5, 0.6) is 0 Å². The molecule has 1 unspecified atom stereocenters. The molecule has 0 amide bonds. The van der Waals surface area contributed by atoms with E-state index in [1.807, 2.05) is 24.4 Å². The summed E-state index contributed by atoms with van der Waals surface area (Å²) in [5, 5.41) is 19.7. The molecule has 2 N–H and O–H groups in total. The summed E-state index contributed by atoms with van der Waals surface area (Å²) >= 11 is 1.06. The molecule has 6 heteroatoms. The average Bonchev–Trinajstić information content (AvgIpc) is 2.48. The SMILES string of the molecule is CC(Sc1[nH+]c(-c2ccc[nH+]c2)ccc1C#N)C(=O)[O-]. The first-order valence-electron chi connectivity index (χ1n) is 5.92. The van der Waals surface area contributed by atoms with Gasteiger partial charge < -0.3 is 9.90 Å². The monoisotopic (exact) mass is 286 g/mol. The van der Waals surface area contributed by atoms with Crippen LogP contribution in [0, 0.1) is 11.3 Å². The number of nitrogens with one attached hydrogen (secondary N) is 2. The Morgan fingerprint density at radius 3 is 2.85 bits per heavy atom. The number of thioether (sulfide) groups is 1. The van der Waals surface area contributed by atoms with Gasteiger partial charge in [-0.3, -0.25) is 0 Å². The van der Waals surface area contributed by atoms with Crippen molar-refractivity contribution in [3.05, 3.63) is 42.2 Å². The molecule has 0 saturated carbocycles. The lowest BCUT2D eigenvalue weighted by molar-refractivity contribution is -0.416. The minimum absolute atomic E-state index is 0.409. The van der Waals surface area contributed by atoms with E-state index in [4.69, 9.17) is 5.26 Å². The van der Waals surface area contributed by atoms with Crippen LogP contribution in [0.1, 0.15) is 12.5 Å². The first kappa shape index (κ1) is 14.0. The topological polar surface area (TPSA) is 92.2 Å². The minimum atomic E-state index is -1.16. The second-order valence-electron chi connectivity index (χ2n) is 4.10. The van der Waals surface area contributed by atoms with Crippen LogP contribution in [0.25, 0.3) is 11.3 Å². The number of hydrogen-bond donors (Lipinski definition) is 0. The van der Waals surface area contributed by atoms with Gasteiger partial charge in [-0.05, 0) is 30.8 Å². The summed E-state index contributed by atoms with van der Waals surface area (Å²) in [6.07, 6.45) is 3.61. The molecule has 5 nitrogen and oxygen atoms in total. The highest BCUT2D eigenvalue weighted by Gasteiger charge is 2.19. The molecule has 20 heavy (non-hydrogen) atoms. The molecule has 0 aliphatic heterocycles. The van der Waals surface area contributed by atoms with Crippen LogP contribution < -0.4 is 15.1 Å². The molecule has 2 rings (SSSR count). The number of aromatic amines is 2. The van der Waals surface area contributed by atoms with Gasteiger partial charge in [0.25, 0.3) is 5.03 Å². The molecule has 0 bridgehead atoms. The first-order chi connectivity index (χ1) is 9.61. The number of rotatable bonds is 4. The predicted octanol–water partition coefficient (Wildman–Crippen LogP) is 0.0840. The summed E-state index contributed by atoms with van der Waals surface area (Å²) in [4.78, 5) is 16.9. The van der Waals surface area contributed by atoms with Crippen LogP contribution in [0.3, 0.4) is 0 Å². The van der Waals surface area contributed by atoms with Gasteiger partial charge in [-0.15, -0.1) is 0 Å². The van der Waals surface area contributed by atoms with Gasteiger partial charge in [-0.2, -0.15) is 10.2 Å². The quantitative estimate of drug-likeness (QED) is 0.744. The molecule has 100 valence electrons. The number of carboxylic acids is 1. The molecule has 2 aromatic heterocycles. The van der Waals surface area contributed by atoms with E-state index in [1.165, 1.54) is 6.92 Å². The van der Waals surface area contributed by atoms with Crippen molar-refractivity contribution >= 4 is 17.7 Å². The van der Waals surface area contributed by atoms with E-state index < -0.39 is 11.2 Å². The Hall–Kier alpha value is -2.39. The molecule has 0 fully saturated rings. The van der Waals surface area contributed by atoms with E-state index in [9.17, 15) is 9.90 Å². The van der Waals surface area contributed by atoms with E-state index >= 15 is 0 Å². The normalized spacial score (nSPS) is 11.6. The third-order valence-corrected chi connectivity index (χ3v) is 3.78. The van der Waals surface area contributed by atoms with Crippen molar-refractivity contribution in [3.8, 4) is 17.3 Å². The van der Waals surface area contributed by atoms with E-state index in [0.29, 0.717) is 10.6 Å². The van der Waals surface area contributed by atoms with Crippen molar-refractivity contribution in [3.63, 3.8) is 0 Å². The molecule has 0 radical (unpaired) electrons. The molecule has 1 atom stereocenters. The van der Waals surface area contributed by atoms with Crippen LogP contribution in [0.4, 0.5) is 0 Å². The van der Waals surface area contributed by atoms with Crippen molar-refractivity contribution in [1.29, 1.82) is 5.26 Å². The van der Waals surface area contributed by atoms with Gasteiger partial charge in [0.15, 0.2) is 12.4 Å². The van der Waals surface area contributed by atoms with Crippen LogP contribution in [-0.2, 0) is 4.79 Å². The number of carbonyl (C=O) groups excluding carboxylic acids is 1. The maximum Gasteiger partial charge on any atom is 0.257 e. The van der Waals surface area contributed by atoms with Gasteiger partial charge in [-0.1, -0.05) is 0 Å². The zero-order chi connectivity index (χ0) is 14.5. The summed E-state index contributed by atoms with van der Waals surface area (Å²) in [5.74, 6) is -1.16. The molecule has 0 spiro atoms. The molecule has 2 heterocycles. The lowest BCUT2D eigenvalue weighted by Crippen LogP contribution is -2.32. The average molecular weight is 286 g/mol. The van der Waals surface area contributed by atoms with Crippen molar-refractivity contribution in [2.75, 3.05) is 0 Å². The van der Waals surface area contributed by atoms with Crippen molar-refractivity contribution in [2.45, 2.75) is 17.2 Å². The van der Waals surface area contributed by atoms with Crippen LogP contribution in [0.15, 0.2) is 41.7 Å². The number of H-pyrrole nitrogens is 2. The number of aromatic nitrogens is 2. The van der Waals surface area contributed by atoms with Gasteiger partial charge in [0.05, 0.1) is 11.2 Å². The number of carbonyl (C=O) groups is 1. The second-order valence-corrected chi connectivity index (χ2v) is 5.45. The maximum absolute atomic E-state index is 10.8. The summed E-state index contributed by atoms with van der Waals surface area (Å²) < 4.78 is 0. The van der Waals surface area contributed by atoms with E-state index in [0.717, 1.165) is 23.0 Å². The third-order valence-electron chi connectivity index (χ3n) is 2.67. The Morgan fingerprint density at radius 2 is 2.25 bits per heavy atom. The molecular weight excluding hydrogens is 274 g/mol. The zero-order valence-corrected chi connectivity index (χ0v) is 11.5. The molecular formula is C14H12N3O2S+. The summed E-state index contributed by atoms with van der Waals surface area (Å²) in [6.45, 7) is 1.53. The molecule has 0 aromatic carbocycles.